The minimum Gasteiger partial charge on any atom is -0.390 e. The van der Waals surface area contributed by atoms with Crippen molar-refractivity contribution in [2.45, 2.75) is 13.5 Å². The van der Waals surface area contributed by atoms with Gasteiger partial charge in [-0.15, -0.1) is 11.3 Å². The molecule has 0 fully saturated rings. The summed E-state index contributed by atoms with van der Waals surface area (Å²) in [6.45, 7) is 1.98. The summed E-state index contributed by atoms with van der Waals surface area (Å²) in [4.78, 5) is 4.29. The largest absolute Gasteiger partial charge is 0.390 e. The molecule has 1 aromatic carbocycles. The van der Waals surface area contributed by atoms with Crippen molar-refractivity contribution < 1.29 is 5.11 Å². The Morgan fingerprint density at radius 1 is 1.22 bits per heavy atom. The summed E-state index contributed by atoms with van der Waals surface area (Å²) in [7, 11) is 0. The average molecular weight is 255 g/mol. The number of fused-ring (bicyclic) bond motifs is 1. The second-order valence-corrected chi connectivity index (χ2v) is 5.29. The zero-order chi connectivity index (χ0) is 12.5. The van der Waals surface area contributed by atoms with Gasteiger partial charge >= 0.3 is 0 Å². The highest BCUT2D eigenvalue weighted by atomic mass is 32.1. The van der Waals surface area contributed by atoms with Gasteiger partial charge in [0.15, 0.2) is 0 Å². The van der Waals surface area contributed by atoms with Crippen molar-refractivity contribution >= 4 is 21.4 Å². The number of aliphatic hydroxyl groups excluding tert-OH is 1. The lowest BCUT2D eigenvalue weighted by Gasteiger charge is -2.08. The van der Waals surface area contributed by atoms with E-state index in [-0.39, 0.29) is 6.61 Å². The molecule has 18 heavy (non-hydrogen) atoms. The smallest absolute Gasteiger partial charge is 0.0859 e. The van der Waals surface area contributed by atoms with Crippen LogP contribution in [0.15, 0.2) is 41.9 Å². The van der Waals surface area contributed by atoms with Gasteiger partial charge in [-0.05, 0) is 53.1 Å². The van der Waals surface area contributed by atoms with Gasteiger partial charge in [0.25, 0.3) is 0 Å². The molecule has 0 spiro atoms. The number of nitrogens with zero attached hydrogens (tertiary/aromatic N) is 1. The molecule has 0 amide bonds. The van der Waals surface area contributed by atoms with Crippen LogP contribution in [0.4, 0.5) is 0 Å². The zero-order valence-corrected chi connectivity index (χ0v) is 10.9. The predicted molar refractivity (Wildman–Crippen MR) is 75.7 cm³/mol. The summed E-state index contributed by atoms with van der Waals surface area (Å²) in [6, 6.07) is 10.6. The Hall–Kier alpha value is -1.71. The van der Waals surface area contributed by atoms with E-state index >= 15 is 0 Å². The summed E-state index contributed by atoms with van der Waals surface area (Å²) in [6.07, 6.45) is 1.79. The van der Waals surface area contributed by atoms with Gasteiger partial charge in [0.1, 0.15) is 0 Å². The Balaban J connectivity index is 2.21. The molecule has 1 N–H and O–H groups in total. The van der Waals surface area contributed by atoms with Crippen molar-refractivity contribution in [1.82, 2.24) is 4.98 Å². The van der Waals surface area contributed by atoms with Gasteiger partial charge in [-0.25, -0.2) is 0 Å². The SMILES string of the molecule is Cc1cnc(CO)c(-c2ccc3sccc3c2)c1. The van der Waals surface area contributed by atoms with E-state index in [4.69, 9.17) is 0 Å². The number of thiophene rings is 1. The van der Waals surface area contributed by atoms with E-state index in [0.29, 0.717) is 0 Å². The Labute approximate surface area is 110 Å². The van der Waals surface area contributed by atoms with E-state index in [1.807, 2.05) is 6.92 Å². The molecule has 2 aromatic heterocycles. The van der Waals surface area contributed by atoms with E-state index in [1.54, 1.807) is 17.5 Å². The van der Waals surface area contributed by atoms with E-state index < -0.39 is 0 Å². The first-order valence-electron chi connectivity index (χ1n) is 5.82. The highest BCUT2D eigenvalue weighted by Crippen LogP contribution is 2.29. The molecule has 0 aliphatic rings. The summed E-state index contributed by atoms with van der Waals surface area (Å²) in [5.41, 5.74) is 3.97. The maximum atomic E-state index is 9.38. The van der Waals surface area contributed by atoms with Crippen molar-refractivity contribution in [1.29, 1.82) is 0 Å². The fraction of sp³-hybridized carbons (Fsp3) is 0.133. The molecule has 3 rings (SSSR count). The van der Waals surface area contributed by atoms with Crippen molar-refractivity contribution in [2.75, 3.05) is 0 Å². The van der Waals surface area contributed by atoms with Crippen LogP contribution in [0.5, 0.6) is 0 Å². The van der Waals surface area contributed by atoms with Crippen molar-refractivity contribution in [3.8, 4) is 11.1 Å². The molecule has 2 nitrogen and oxygen atoms in total. The molecule has 0 atom stereocenters. The predicted octanol–water partition coefficient (Wildman–Crippen LogP) is 3.76. The van der Waals surface area contributed by atoms with Crippen LogP contribution in [0.3, 0.4) is 0 Å². The maximum absolute atomic E-state index is 9.38. The third-order valence-electron chi connectivity index (χ3n) is 3.02. The fourth-order valence-electron chi connectivity index (χ4n) is 2.11. The lowest BCUT2D eigenvalue weighted by atomic mass is 10.0. The second-order valence-electron chi connectivity index (χ2n) is 4.34. The number of aryl methyl sites for hydroxylation is 1. The maximum Gasteiger partial charge on any atom is 0.0859 e. The van der Waals surface area contributed by atoms with Gasteiger partial charge in [0.2, 0.25) is 0 Å². The van der Waals surface area contributed by atoms with Crippen LogP contribution in [0, 0.1) is 6.92 Å². The molecular formula is C15H13NOS. The van der Waals surface area contributed by atoms with E-state index in [2.05, 4.69) is 40.7 Å². The topological polar surface area (TPSA) is 33.1 Å². The molecular weight excluding hydrogens is 242 g/mol. The standard InChI is InChI=1S/C15H13NOS/c1-10-6-13(14(9-17)16-8-10)11-2-3-15-12(7-11)4-5-18-15/h2-8,17H,9H2,1H3. The average Bonchev–Trinajstić information content (AvgIpc) is 2.85. The number of hydrogen-bond acceptors (Lipinski definition) is 3. The van der Waals surface area contributed by atoms with Gasteiger partial charge in [0, 0.05) is 16.5 Å². The Kier molecular flexibility index (Phi) is 2.86. The van der Waals surface area contributed by atoms with Gasteiger partial charge in [0.05, 0.1) is 12.3 Å². The van der Waals surface area contributed by atoms with Crippen LogP contribution in [-0.4, -0.2) is 10.1 Å². The second kappa shape index (κ2) is 4.52. The van der Waals surface area contributed by atoms with E-state index in [0.717, 1.165) is 22.4 Å². The lowest BCUT2D eigenvalue weighted by Crippen LogP contribution is -1.94. The third kappa shape index (κ3) is 1.92. The van der Waals surface area contributed by atoms with Gasteiger partial charge in [-0.2, -0.15) is 0 Å². The quantitative estimate of drug-likeness (QED) is 0.756. The highest BCUT2D eigenvalue weighted by molar-refractivity contribution is 7.17. The Bertz CT molecular complexity index is 703. The number of pyridine rings is 1. The first-order valence-corrected chi connectivity index (χ1v) is 6.70. The molecule has 90 valence electrons. The monoisotopic (exact) mass is 255 g/mol. The third-order valence-corrected chi connectivity index (χ3v) is 3.92. The summed E-state index contributed by atoms with van der Waals surface area (Å²) in [5, 5.41) is 12.7. The molecule has 0 aliphatic heterocycles. The molecule has 0 bridgehead atoms. The minimum absolute atomic E-state index is 0.0305. The molecule has 3 aromatic rings. The molecule has 0 saturated carbocycles. The summed E-state index contributed by atoms with van der Waals surface area (Å²) in [5.74, 6) is 0. The first-order chi connectivity index (χ1) is 8.78. The normalized spacial score (nSPS) is 11.0. The van der Waals surface area contributed by atoms with Crippen molar-refractivity contribution in [3.05, 3.63) is 53.2 Å². The zero-order valence-electron chi connectivity index (χ0n) is 10.1. The van der Waals surface area contributed by atoms with Crippen molar-refractivity contribution in [3.63, 3.8) is 0 Å². The molecule has 3 heteroatoms. The van der Waals surface area contributed by atoms with Crippen LogP contribution in [0.1, 0.15) is 11.3 Å². The molecule has 0 saturated heterocycles. The molecule has 0 aliphatic carbocycles. The number of benzene rings is 1. The van der Waals surface area contributed by atoms with Crippen LogP contribution in [0.2, 0.25) is 0 Å². The fourth-order valence-corrected chi connectivity index (χ4v) is 2.88. The van der Waals surface area contributed by atoms with Gasteiger partial charge in [-0.1, -0.05) is 6.07 Å². The van der Waals surface area contributed by atoms with Crippen LogP contribution in [0.25, 0.3) is 21.2 Å². The Morgan fingerprint density at radius 2 is 2.11 bits per heavy atom. The summed E-state index contributed by atoms with van der Waals surface area (Å²) >= 11 is 1.74. The molecule has 0 radical (unpaired) electrons. The molecule has 2 heterocycles. The number of hydrogen-bond donors (Lipinski definition) is 1. The number of rotatable bonds is 2. The van der Waals surface area contributed by atoms with Crippen molar-refractivity contribution in [2.24, 2.45) is 0 Å². The highest BCUT2D eigenvalue weighted by Gasteiger charge is 2.07. The van der Waals surface area contributed by atoms with Crippen LogP contribution < -0.4 is 0 Å². The summed E-state index contributed by atoms with van der Waals surface area (Å²) < 4.78 is 1.28. The Morgan fingerprint density at radius 3 is 2.94 bits per heavy atom. The molecule has 0 unspecified atom stereocenters. The van der Waals surface area contributed by atoms with Gasteiger partial charge in [-0.3, -0.25) is 4.98 Å². The van der Waals surface area contributed by atoms with Gasteiger partial charge < -0.3 is 5.11 Å². The van der Waals surface area contributed by atoms with Crippen LogP contribution in [-0.2, 0) is 6.61 Å². The number of aromatic nitrogens is 1. The lowest BCUT2D eigenvalue weighted by molar-refractivity contribution is 0.277. The minimum atomic E-state index is -0.0305. The van der Waals surface area contributed by atoms with E-state index in [9.17, 15) is 5.11 Å². The van der Waals surface area contributed by atoms with Crippen LogP contribution >= 0.6 is 11.3 Å². The number of aliphatic hydroxyl groups is 1. The first kappa shape index (κ1) is 11.4. The van der Waals surface area contributed by atoms with E-state index in [1.165, 1.54) is 10.1 Å².